The highest BCUT2D eigenvalue weighted by atomic mass is 79.9. The van der Waals surface area contributed by atoms with Crippen LogP contribution in [-0.4, -0.2) is 39.5 Å². The predicted molar refractivity (Wildman–Crippen MR) is 84.9 cm³/mol. The summed E-state index contributed by atoms with van der Waals surface area (Å²) in [4.78, 5) is 1.68. The van der Waals surface area contributed by atoms with Crippen LogP contribution in [0.5, 0.6) is 5.75 Å². The van der Waals surface area contributed by atoms with Gasteiger partial charge in [0.25, 0.3) is 0 Å². The van der Waals surface area contributed by atoms with Crippen LogP contribution in [0.1, 0.15) is 19.3 Å². The lowest BCUT2D eigenvalue weighted by molar-refractivity contribution is -0.905. The molecule has 5 heteroatoms. The van der Waals surface area contributed by atoms with Crippen molar-refractivity contribution in [1.82, 2.24) is 0 Å². The van der Waals surface area contributed by atoms with Gasteiger partial charge in [-0.05, 0) is 53.4 Å². The van der Waals surface area contributed by atoms with Crippen LogP contribution in [0.15, 0.2) is 22.7 Å². The van der Waals surface area contributed by atoms with Crippen molar-refractivity contribution < 1.29 is 14.4 Å². The maximum Gasteiger partial charge on any atom is 0.133 e. The molecule has 112 valence electrons. The molecule has 0 bridgehead atoms. The third-order valence-electron chi connectivity index (χ3n) is 3.54. The molecule has 2 rings (SSSR count). The van der Waals surface area contributed by atoms with Crippen molar-refractivity contribution in [2.45, 2.75) is 19.3 Å². The number of halogens is 2. The second kappa shape index (κ2) is 8.88. The minimum atomic E-state index is 0.565. The highest BCUT2D eigenvalue weighted by Crippen LogP contribution is 2.27. The molecular formula is C15H22BrClNO2+. The summed E-state index contributed by atoms with van der Waals surface area (Å²) in [6.07, 6.45) is 4.13. The molecule has 0 unspecified atom stereocenters. The van der Waals surface area contributed by atoms with Gasteiger partial charge in [0.15, 0.2) is 0 Å². The van der Waals surface area contributed by atoms with E-state index < -0.39 is 0 Å². The van der Waals surface area contributed by atoms with Gasteiger partial charge in [-0.1, -0.05) is 11.6 Å². The summed E-state index contributed by atoms with van der Waals surface area (Å²) in [5.74, 6) is 0.805. The quantitative estimate of drug-likeness (QED) is 0.753. The van der Waals surface area contributed by atoms with E-state index in [4.69, 9.17) is 21.1 Å². The molecule has 0 spiro atoms. The number of likely N-dealkylation sites (tertiary alicyclic amines) is 1. The van der Waals surface area contributed by atoms with Gasteiger partial charge in [-0.15, -0.1) is 0 Å². The number of hydrogen-bond acceptors (Lipinski definition) is 2. The van der Waals surface area contributed by atoms with E-state index in [0.717, 1.165) is 23.4 Å². The van der Waals surface area contributed by atoms with E-state index in [1.54, 1.807) is 4.90 Å². The van der Waals surface area contributed by atoms with Crippen molar-refractivity contribution in [2.75, 3.05) is 39.5 Å². The Bertz CT molecular complexity index is 411. The third kappa shape index (κ3) is 5.60. The highest BCUT2D eigenvalue weighted by molar-refractivity contribution is 9.10. The summed E-state index contributed by atoms with van der Waals surface area (Å²) in [6, 6.07) is 5.52. The van der Waals surface area contributed by atoms with Gasteiger partial charge in [0, 0.05) is 5.02 Å². The summed E-state index contributed by atoms with van der Waals surface area (Å²) in [5, 5.41) is 0.699. The van der Waals surface area contributed by atoms with Gasteiger partial charge in [-0.2, -0.15) is 0 Å². The largest absolute Gasteiger partial charge is 0.490 e. The van der Waals surface area contributed by atoms with Gasteiger partial charge >= 0.3 is 0 Å². The van der Waals surface area contributed by atoms with E-state index in [1.807, 2.05) is 18.2 Å². The average Bonchev–Trinajstić information content (AvgIpc) is 2.46. The molecule has 0 amide bonds. The number of rotatable bonds is 7. The summed E-state index contributed by atoms with van der Waals surface area (Å²) in [7, 11) is 0. The van der Waals surface area contributed by atoms with Gasteiger partial charge in [0.1, 0.15) is 18.9 Å². The molecule has 1 aromatic carbocycles. The first-order valence-corrected chi connectivity index (χ1v) is 8.42. The van der Waals surface area contributed by atoms with Gasteiger partial charge in [-0.25, -0.2) is 0 Å². The first-order chi connectivity index (χ1) is 9.75. The topological polar surface area (TPSA) is 22.9 Å². The van der Waals surface area contributed by atoms with Crippen LogP contribution in [0.2, 0.25) is 5.02 Å². The summed E-state index contributed by atoms with van der Waals surface area (Å²) < 4.78 is 12.2. The van der Waals surface area contributed by atoms with Gasteiger partial charge in [0.05, 0.1) is 30.8 Å². The molecule has 0 atom stereocenters. The van der Waals surface area contributed by atoms with Gasteiger partial charge in [-0.3, -0.25) is 0 Å². The standard InChI is InChI=1S/C15H21BrClNO2/c16-14-12-13(17)4-5-15(14)20-11-10-19-9-8-18-6-2-1-3-7-18/h4-5,12H,1-3,6-11H2/p+1. The monoisotopic (exact) mass is 362 g/mol. The molecule has 1 aliphatic heterocycles. The predicted octanol–water partition coefficient (Wildman–Crippen LogP) is 2.57. The van der Waals surface area contributed by atoms with Crippen molar-refractivity contribution in [3.05, 3.63) is 27.7 Å². The zero-order valence-corrected chi connectivity index (χ0v) is 14.0. The second-order valence-electron chi connectivity index (χ2n) is 5.10. The highest BCUT2D eigenvalue weighted by Gasteiger charge is 2.12. The second-order valence-corrected chi connectivity index (χ2v) is 6.39. The molecule has 1 saturated heterocycles. The van der Waals surface area contributed by atoms with Crippen LogP contribution < -0.4 is 9.64 Å². The molecule has 1 aliphatic rings. The molecule has 0 aromatic heterocycles. The Kier molecular flexibility index (Phi) is 7.14. The summed E-state index contributed by atoms with van der Waals surface area (Å²) >= 11 is 9.31. The average molecular weight is 364 g/mol. The summed E-state index contributed by atoms with van der Waals surface area (Å²) in [6.45, 7) is 5.73. The lowest BCUT2D eigenvalue weighted by Crippen LogP contribution is -3.13. The number of benzene rings is 1. The van der Waals surface area contributed by atoms with E-state index in [9.17, 15) is 0 Å². The Morgan fingerprint density at radius 1 is 1.10 bits per heavy atom. The number of nitrogens with one attached hydrogen (secondary N) is 1. The maximum absolute atomic E-state index is 5.88. The van der Waals surface area contributed by atoms with Crippen LogP contribution in [0.25, 0.3) is 0 Å². The minimum absolute atomic E-state index is 0.565. The summed E-state index contributed by atoms with van der Waals surface area (Å²) in [5.41, 5.74) is 0. The zero-order chi connectivity index (χ0) is 14.2. The molecule has 1 N–H and O–H groups in total. The van der Waals surface area contributed by atoms with E-state index in [-0.39, 0.29) is 0 Å². The lowest BCUT2D eigenvalue weighted by atomic mass is 10.1. The SMILES string of the molecule is Clc1ccc(OCCOCC[NH+]2CCCCC2)c(Br)c1. The van der Waals surface area contributed by atoms with Crippen molar-refractivity contribution in [3.8, 4) is 5.75 Å². The normalized spacial score (nSPS) is 16.3. The van der Waals surface area contributed by atoms with E-state index in [2.05, 4.69) is 15.9 Å². The Labute approximate surface area is 134 Å². The molecule has 1 heterocycles. The lowest BCUT2D eigenvalue weighted by Gasteiger charge is -2.23. The number of quaternary nitrogens is 1. The smallest absolute Gasteiger partial charge is 0.133 e. The number of piperidine rings is 1. The van der Waals surface area contributed by atoms with Crippen LogP contribution >= 0.6 is 27.5 Å². The molecule has 0 aliphatic carbocycles. The number of ether oxygens (including phenoxy) is 2. The molecule has 0 radical (unpaired) electrons. The van der Waals surface area contributed by atoms with Crippen LogP contribution in [0, 0.1) is 0 Å². The molecule has 20 heavy (non-hydrogen) atoms. The molecule has 3 nitrogen and oxygen atoms in total. The fourth-order valence-electron chi connectivity index (χ4n) is 2.42. The van der Waals surface area contributed by atoms with Crippen LogP contribution in [0.3, 0.4) is 0 Å². The third-order valence-corrected chi connectivity index (χ3v) is 4.39. The molecule has 1 fully saturated rings. The first kappa shape index (κ1) is 16.1. The first-order valence-electron chi connectivity index (χ1n) is 7.25. The van der Waals surface area contributed by atoms with E-state index >= 15 is 0 Å². The Morgan fingerprint density at radius 3 is 2.65 bits per heavy atom. The minimum Gasteiger partial charge on any atom is -0.490 e. The van der Waals surface area contributed by atoms with Crippen LogP contribution in [0.4, 0.5) is 0 Å². The Balaban J connectivity index is 1.55. The fraction of sp³-hybridized carbons (Fsp3) is 0.600. The number of hydrogen-bond donors (Lipinski definition) is 1. The maximum atomic E-state index is 5.88. The molecule has 1 aromatic rings. The molecule has 0 saturated carbocycles. The fourth-order valence-corrected chi connectivity index (χ4v) is 3.22. The Hall–Kier alpha value is -0.290. The zero-order valence-electron chi connectivity index (χ0n) is 11.7. The van der Waals surface area contributed by atoms with Crippen molar-refractivity contribution in [1.29, 1.82) is 0 Å². The van der Waals surface area contributed by atoms with E-state index in [1.165, 1.54) is 32.4 Å². The van der Waals surface area contributed by atoms with Crippen LogP contribution in [-0.2, 0) is 4.74 Å². The van der Waals surface area contributed by atoms with Crippen molar-refractivity contribution in [3.63, 3.8) is 0 Å². The van der Waals surface area contributed by atoms with Gasteiger partial charge in [0.2, 0.25) is 0 Å². The van der Waals surface area contributed by atoms with Gasteiger partial charge < -0.3 is 14.4 Å². The molecular weight excluding hydrogens is 342 g/mol. The van der Waals surface area contributed by atoms with Crippen molar-refractivity contribution in [2.24, 2.45) is 0 Å². The Morgan fingerprint density at radius 2 is 1.90 bits per heavy atom. The van der Waals surface area contributed by atoms with Crippen molar-refractivity contribution >= 4 is 27.5 Å². The van der Waals surface area contributed by atoms with E-state index in [0.29, 0.717) is 18.2 Å².